The van der Waals surface area contributed by atoms with Gasteiger partial charge in [-0.05, 0) is 0 Å². The van der Waals surface area contributed by atoms with Gasteiger partial charge in [-0.3, -0.25) is 0 Å². The number of hydrogen-bond acceptors (Lipinski definition) is 4. The van der Waals surface area contributed by atoms with Crippen LogP contribution in [0.4, 0.5) is 0 Å². The molecule has 2 atom stereocenters. The first kappa shape index (κ1) is 24.2. The van der Waals surface area contributed by atoms with Crippen LogP contribution in [0.25, 0.3) is 0 Å². The maximum atomic E-state index is 13.8. The van der Waals surface area contributed by atoms with Crippen LogP contribution in [-0.4, -0.2) is 26.8 Å². The van der Waals surface area contributed by atoms with Crippen molar-refractivity contribution in [2.45, 2.75) is 81.5 Å². The number of alkyl halides is 2. The van der Waals surface area contributed by atoms with Crippen LogP contribution in [0.2, 0.25) is 0 Å². The SMILES string of the molecule is CC1(C)C2CCC1(CS(=O)(=O)O[I-](c1ccccc1)(C(C)(C)C)C(C)(C)C)C(=O)C2. The van der Waals surface area contributed by atoms with E-state index in [-0.39, 0.29) is 29.7 Å². The summed E-state index contributed by atoms with van der Waals surface area (Å²) < 4.78 is 34.4. The van der Waals surface area contributed by atoms with Crippen molar-refractivity contribution in [1.82, 2.24) is 0 Å². The number of carbonyl (C=O) groups is 1. The van der Waals surface area contributed by atoms with Crippen molar-refractivity contribution in [1.29, 1.82) is 0 Å². The molecule has 2 aliphatic carbocycles. The molecule has 6 heteroatoms. The van der Waals surface area contributed by atoms with Crippen LogP contribution in [0.5, 0.6) is 0 Å². The molecule has 2 saturated carbocycles. The van der Waals surface area contributed by atoms with Gasteiger partial charge in [0.05, 0.1) is 0 Å². The average molecular weight is 550 g/mol. The summed E-state index contributed by atoms with van der Waals surface area (Å²) in [5.74, 6) is 0.205. The summed E-state index contributed by atoms with van der Waals surface area (Å²) >= 11 is -3.67. The van der Waals surface area contributed by atoms with Crippen molar-refractivity contribution in [2.24, 2.45) is 16.7 Å². The van der Waals surface area contributed by atoms with Crippen molar-refractivity contribution in [3.63, 3.8) is 0 Å². The monoisotopic (exact) mass is 549 g/mol. The zero-order valence-electron chi connectivity index (χ0n) is 19.7. The first-order chi connectivity index (χ1) is 13.5. The molecule has 1 aromatic carbocycles. The van der Waals surface area contributed by atoms with Gasteiger partial charge in [0.2, 0.25) is 0 Å². The molecular weight excluding hydrogens is 511 g/mol. The number of Topliss-reactive ketones (excluding diaryl/α,β-unsaturated/α-hetero) is 1. The second-order valence-corrected chi connectivity index (χ2v) is 24.6. The van der Waals surface area contributed by atoms with Gasteiger partial charge in [0.15, 0.2) is 0 Å². The summed E-state index contributed by atoms with van der Waals surface area (Å²) in [5, 5.41) is 0. The molecule has 0 N–H and O–H groups in total. The van der Waals surface area contributed by atoms with Gasteiger partial charge in [0.25, 0.3) is 0 Å². The van der Waals surface area contributed by atoms with Crippen LogP contribution in [0.15, 0.2) is 30.3 Å². The Morgan fingerprint density at radius 1 is 1.03 bits per heavy atom. The third-order valence-corrected chi connectivity index (χ3v) is 23.5. The standard InChI is InChI=1S/C24H38IO4S/c1-21(2,3)25(22(4,5)6,19-12-10-9-11-13-19)29-30(27,28)17-24-15-14-18(16-20(24)26)23(24,7)8/h9-13,18H,14-17H2,1-8H3/q-1. The van der Waals surface area contributed by atoms with Gasteiger partial charge < -0.3 is 0 Å². The fourth-order valence-electron chi connectivity index (χ4n) is 5.90. The van der Waals surface area contributed by atoms with Gasteiger partial charge in [0, 0.05) is 0 Å². The molecule has 2 unspecified atom stereocenters. The van der Waals surface area contributed by atoms with E-state index in [0.717, 1.165) is 9.99 Å². The number of benzene rings is 1. The molecule has 30 heavy (non-hydrogen) atoms. The van der Waals surface area contributed by atoms with E-state index in [1.165, 1.54) is 0 Å². The van der Waals surface area contributed by atoms with Crippen molar-refractivity contribution in [2.75, 3.05) is 5.75 Å². The van der Waals surface area contributed by atoms with Crippen LogP contribution in [0.1, 0.15) is 74.7 Å². The van der Waals surface area contributed by atoms with Crippen molar-refractivity contribution >= 4 is 15.9 Å². The van der Waals surface area contributed by atoms with Crippen molar-refractivity contribution in [3.05, 3.63) is 33.9 Å². The van der Waals surface area contributed by atoms with Crippen LogP contribution < -0.4 is 18.8 Å². The summed E-state index contributed by atoms with van der Waals surface area (Å²) in [6.45, 7) is 16.8. The fraction of sp³-hybridized carbons (Fsp3) is 0.708. The third-order valence-electron chi connectivity index (χ3n) is 7.39. The molecule has 0 radical (unpaired) electrons. The predicted octanol–water partition coefficient (Wildman–Crippen LogP) is 2.27. The maximum absolute atomic E-state index is 13.8. The molecule has 0 aromatic heterocycles. The topological polar surface area (TPSA) is 60.4 Å². The van der Waals surface area contributed by atoms with E-state index >= 15 is 0 Å². The summed E-state index contributed by atoms with van der Waals surface area (Å²) in [6, 6.07) is 9.93. The minimum absolute atomic E-state index is 0.111. The Kier molecular flexibility index (Phi) is 5.86. The number of rotatable bonds is 5. The first-order valence-electron chi connectivity index (χ1n) is 10.8. The van der Waals surface area contributed by atoms with Gasteiger partial charge in [0.1, 0.15) is 0 Å². The number of carbonyl (C=O) groups excluding carboxylic acids is 1. The van der Waals surface area contributed by atoms with Gasteiger partial charge in [-0.15, -0.1) is 0 Å². The minimum atomic E-state index is -3.93. The molecule has 2 aliphatic rings. The third kappa shape index (κ3) is 3.49. The zero-order chi connectivity index (χ0) is 22.8. The molecule has 0 spiro atoms. The second kappa shape index (κ2) is 7.27. The molecular formula is C24H38IO4S-. The number of hydrogen-bond donors (Lipinski definition) is 0. The molecule has 1 aromatic rings. The van der Waals surface area contributed by atoms with Gasteiger partial charge >= 0.3 is 188 Å². The number of halogens is 1. The summed E-state index contributed by atoms with van der Waals surface area (Å²) in [7, 11) is -3.93. The molecule has 0 amide bonds. The fourth-order valence-corrected chi connectivity index (χ4v) is 24.7. The predicted molar refractivity (Wildman–Crippen MR) is 118 cm³/mol. The Hall–Kier alpha value is -0.470. The van der Waals surface area contributed by atoms with E-state index < -0.39 is 34.4 Å². The Balaban J connectivity index is 2.10. The van der Waals surface area contributed by atoms with Crippen molar-refractivity contribution in [3.8, 4) is 0 Å². The number of ketones is 1. The van der Waals surface area contributed by atoms with Crippen LogP contribution in [0, 0.1) is 20.3 Å². The van der Waals surface area contributed by atoms with E-state index in [9.17, 15) is 13.2 Å². The Bertz CT molecular complexity index is 908. The van der Waals surface area contributed by atoms with Gasteiger partial charge in [-0.2, -0.15) is 0 Å². The van der Waals surface area contributed by atoms with Gasteiger partial charge in [-0.1, -0.05) is 0 Å². The van der Waals surface area contributed by atoms with Crippen molar-refractivity contribution < 1.29 is 34.6 Å². The van der Waals surface area contributed by atoms with Crippen LogP contribution >= 0.6 is 0 Å². The Morgan fingerprint density at radius 2 is 1.57 bits per heavy atom. The Morgan fingerprint density at radius 3 is 1.97 bits per heavy atom. The molecule has 172 valence electrons. The number of fused-ring (bicyclic) bond motifs is 2. The van der Waals surface area contributed by atoms with Crippen LogP contribution in [0.3, 0.4) is 0 Å². The molecule has 2 fully saturated rings. The zero-order valence-corrected chi connectivity index (χ0v) is 22.7. The van der Waals surface area contributed by atoms with Gasteiger partial charge in [-0.25, -0.2) is 0 Å². The summed E-state index contributed by atoms with van der Waals surface area (Å²) in [6.07, 6.45) is 2.09. The quantitative estimate of drug-likeness (QED) is 0.418. The molecule has 4 nitrogen and oxygen atoms in total. The van der Waals surface area contributed by atoms with Crippen LogP contribution in [-0.2, 0) is 17.4 Å². The first-order valence-corrected chi connectivity index (χ1v) is 16.5. The summed E-state index contributed by atoms with van der Waals surface area (Å²) in [4.78, 5) is 13.0. The van der Waals surface area contributed by atoms with E-state index in [1.54, 1.807) is 0 Å². The van der Waals surface area contributed by atoms with E-state index in [0.29, 0.717) is 12.8 Å². The molecule has 0 aliphatic heterocycles. The average Bonchev–Trinajstić information content (AvgIpc) is 2.92. The molecule has 0 saturated heterocycles. The van der Waals surface area contributed by atoms with E-state index in [1.807, 2.05) is 30.3 Å². The molecule has 2 bridgehead atoms. The normalized spacial score (nSPS) is 27.5. The molecule has 3 rings (SSSR count). The Labute approximate surface area is 187 Å². The molecule has 0 heterocycles. The second-order valence-electron chi connectivity index (χ2n) is 11.4. The summed E-state index contributed by atoms with van der Waals surface area (Å²) in [5.41, 5.74) is -1.11. The van der Waals surface area contributed by atoms with E-state index in [4.69, 9.17) is 2.51 Å². The van der Waals surface area contributed by atoms with E-state index in [2.05, 4.69) is 55.4 Å².